The smallest absolute Gasteiger partial charge is 0.340 e. The van der Waals surface area contributed by atoms with Gasteiger partial charge in [0.15, 0.2) is 0 Å². The van der Waals surface area contributed by atoms with Crippen molar-refractivity contribution >= 4 is 21.9 Å². The van der Waals surface area contributed by atoms with Gasteiger partial charge in [-0.25, -0.2) is 4.79 Å². The number of rotatable bonds is 4. The zero-order valence-corrected chi connectivity index (χ0v) is 12.7. The molecule has 1 aromatic rings. The van der Waals surface area contributed by atoms with Crippen LogP contribution in [0, 0.1) is 6.92 Å². The third kappa shape index (κ3) is 2.57. The van der Waals surface area contributed by atoms with Crippen LogP contribution in [-0.4, -0.2) is 17.6 Å². The number of aromatic nitrogens is 1. The van der Waals surface area contributed by atoms with Crippen molar-refractivity contribution in [3.63, 3.8) is 0 Å². The van der Waals surface area contributed by atoms with Gasteiger partial charge in [0.1, 0.15) is 0 Å². The van der Waals surface area contributed by atoms with Crippen LogP contribution >= 0.6 is 15.9 Å². The van der Waals surface area contributed by atoms with Gasteiger partial charge in [-0.1, -0.05) is 20.8 Å². The van der Waals surface area contributed by atoms with Crippen LogP contribution in [-0.2, 0) is 11.3 Å². The second-order valence-corrected chi connectivity index (χ2v) is 5.25. The van der Waals surface area contributed by atoms with Crippen molar-refractivity contribution in [1.29, 1.82) is 0 Å². The van der Waals surface area contributed by atoms with Crippen molar-refractivity contribution in [2.45, 2.75) is 46.6 Å². The Morgan fingerprint density at radius 1 is 1.47 bits per heavy atom. The summed E-state index contributed by atoms with van der Waals surface area (Å²) in [5.41, 5.74) is 2.81. The Bertz CT molecular complexity index is 422. The molecule has 1 heterocycles. The van der Waals surface area contributed by atoms with Crippen molar-refractivity contribution in [2.75, 3.05) is 7.11 Å². The van der Waals surface area contributed by atoms with E-state index in [1.54, 1.807) is 0 Å². The molecule has 3 nitrogen and oxygen atoms in total. The Labute approximate surface area is 111 Å². The normalized spacial score (nSPS) is 11.0. The molecule has 0 saturated carbocycles. The van der Waals surface area contributed by atoms with Crippen LogP contribution in [0.3, 0.4) is 0 Å². The maximum Gasteiger partial charge on any atom is 0.340 e. The maximum absolute atomic E-state index is 11.8. The molecule has 0 radical (unpaired) electrons. The highest BCUT2D eigenvalue weighted by Crippen LogP contribution is 2.33. The minimum absolute atomic E-state index is 0.272. The summed E-state index contributed by atoms with van der Waals surface area (Å²) in [6.07, 6.45) is 1.04. The van der Waals surface area contributed by atoms with Crippen LogP contribution in [0.4, 0.5) is 0 Å². The van der Waals surface area contributed by atoms with Crippen LogP contribution in [0.15, 0.2) is 4.47 Å². The Morgan fingerprint density at radius 2 is 2.06 bits per heavy atom. The Morgan fingerprint density at radius 3 is 2.47 bits per heavy atom. The number of methoxy groups -OCH3 is 1. The first kappa shape index (κ1) is 14.3. The van der Waals surface area contributed by atoms with Crippen LogP contribution in [0.5, 0.6) is 0 Å². The molecule has 1 rings (SSSR count). The molecule has 0 bridgehead atoms. The number of esters is 1. The van der Waals surface area contributed by atoms with Crippen molar-refractivity contribution in [3.05, 3.63) is 21.4 Å². The highest BCUT2D eigenvalue weighted by Gasteiger charge is 2.25. The first-order valence-electron chi connectivity index (χ1n) is 5.92. The van der Waals surface area contributed by atoms with Crippen molar-refractivity contribution in [1.82, 2.24) is 4.57 Å². The summed E-state index contributed by atoms with van der Waals surface area (Å²) >= 11 is 3.54. The molecule has 96 valence electrons. The van der Waals surface area contributed by atoms with Crippen molar-refractivity contribution < 1.29 is 9.53 Å². The molecular weight excluding hydrogens is 282 g/mol. The number of ether oxygens (including phenoxy) is 1. The third-order valence-electron chi connectivity index (χ3n) is 2.89. The molecule has 0 fully saturated rings. The lowest BCUT2D eigenvalue weighted by molar-refractivity contribution is 0.0599. The fraction of sp³-hybridized carbons (Fsp3) is 0.615. The molecule has 1 aromatic heterocycles. The molecule has 0 atom stereocenters. The second kappa shape index (κ2) is 5.71. The quantitative estimate of drug-likeness (QED) is 0.790. The molecule has 0 saturated heterocycles. The van der Waals surface area contributed by atoms with E-state index in [-0.39, 0.29) is 5.97 Å². The van der Waals surface area contributed by atoms with Crippen molar-refractivity contribution in [3.8, 4) is 0 Å². The molecule has 17 heavy (non-hydrogen) atoms. The van der Waals surface area contributed by atoms with Crippen LogP contribution < -0.4 is 0 Å². The highest BCUT2D eigenvalue weighted by atomic mass is 79.9. The summed E-state index contributed by atoms with van der Waals surface area (Å²) in [5, 5.41) is 0. The summed E-state index contributed by atoms with van der Waals surface area (Å²) < 4.78 is 7.93. The molecule has 0 aliphatic rings. The van der Waals surface area contributed by atoms with Gasteiger partial charge in [0.05, 0.1) is 17.1 Å². The number of nitrogens with zero attached hydrogens (tertiary/aromatic N) is 1. The van der Waals surface area contributed by atoms with Crippen LogP contribution in [0.1, 0.15) is 54.9 Å². The second-order valence-electron chi connectivity index (χ2n) is 4.46. The van der Waals surface area contributed by atoms with Gasteiger partial charge < -0.3 is 9.30 Å². The summed E-state index contributed by atoms with van der Waals surface area (Å²) in [6, 6.07) is 0. The summed E-state index contributed by atoms with van der Waals surface area (Å²) in [5.74, 6) is 0.0964. The monoisotopic (exact) mass is 301 g/mol. The average Bonchev–Trinajstić information content (AvgIpc) is 2.51. The van der Waals surface area contributed by atoms with E-state index in [1.165, 1.54) is 12.8 Å². The minimum Gasteiger partial charge on any atom is -0.465 e. The van der Waals surface area contributed by atoms with Gasteiger partial charge >= 0.3 is 5.97 Å². The predicted octanol–water partition coefficient (Wildman–Crippen LogP) is 3.88. The summed E-state index contributed by atoms with van der Waals surface area (Å²) in [7, 11) is 1.42. The number of carbonyl (C=O) groups excluding carboxylic acids is 1. The van der Waals surface area contributed by atoms with Gasteiger partial charge in [-0.2, -0.15) is 0 Å². The fourth-order valence-electron chi connectivity index (χ4n) is 2.14. The molecular formula is C13H20BrNO2. The SMILES string of the molecule is CCCn1c(C)c(C(=O)OC)c(Br)c1C(C)C. The van der Waals surface area contributed by atoms with E-state index in [2.05, 4.69) is 41.3 Å². The van der Waals surface area contributed by atoms with Gasteiger partial charge in [0.25, 0.3) is 0 Å². The highest BCUT2D eigenvalue weighted by molar-refractivity contribution is 9.10. The van der Waals surface area contributed by atoms with E-state index in [9.17, 15) is 4.79 Å². The molecule has 0 spiro atoms. The lowest BCUT2D eigenvalue weighted by Crippen LogP contribution is -2.07. The zero-order valence-electron chi connectivity index (χ0n) is 11.1. The van der Waals surface area contributed by atoms with Gasteiger partial charge in [-0.15, -0.1) is 0 Å². The molecule has 4 heteroatoms. The van der Waals surface area contributed by atoms with Crippen molar-refractivity contribution in [2.24, 2.45) is 0 Å². The molecule has 0 unspecified atom stereocenters. The third-order valence-corrected chi connectivity index (χ3v) is 3.69. The number of hydrogen-bond donors (Lipinski definition) is 0. The van der Waals surface area contributed by atoms with Gasteiger partial charge in [0, 0.05) is 17.9 Å². The Balaban J connectivity index is 3.44. The van der Waals surface area contributed by atoms with E-state index >= 15 is 0 Å². The Kier molecular flexibility index (Phi) is 4.80. The first-order chi connectivity index (χ1) is 7.95. The predicted molar refractivity (Wildman–Crippen MR) is 72.6 cm³/mol. The minimum atomic E-state index is -0.272. The van der Waals surface area contributed by atoms with Gasteiger partial charge in [-0.05, 0) is 35.2 Å². The van der Waals surface area contributed by atoms with Gasteiger partial charge in [0.2, 0.25) is 0 Å². The van der Waals surface area contributed by atoms with E-state index in [1.807, 2.05) is 6.92 Å². The summed E-state index contributed by atoms with van der Waals surface area (Å²) in [6.45, 7) is 9.29. The van der Waals surface area contributed by atoms with Crippen LogP contribution in [0.25, 0.3) is 0 Å². The maximum atomic E-state index is 11.8. The zero-order chi connectivity index (χ0) is 13.2. The summed E-state index contributed by atoms with van der Waals surface area (Å²) in [4.78, 5) is 11.8. The fourth-order valence-corrected chi connectivity index (χ4v) is 3.26. The molecule has 0 aliphatic heterocycles. The lowest BCUT2D eigenvalue weighted by Gasteiger charge is -2.13. The van der Waals surface area contributed by atoms with Gasteiger partial charge in [-0.3, -0.25) is 0 Å². The van der Waals surface area contributed by atoms with E-state index < -0.39 is 0 Å². The van der Waals surface area contributed by atoms with Crippen LogP contribution in [0.2, 0.25) is 0 Å². The topological polar surface area (TPSA) is 31.2 Å². The molecule has 0 N–H and O–H groups in total. The van der Waals surface area contributed by atoms with E-state index in [0.29, 0.717) is 11.5 Å². The number of halogens is 1. The number of carbonyl (C=O) groups is 1. The standard InChI is InChI=1S/C13H20BrNO2/c1-6-7-15-9(4)10(13(16)17-5)11(14)12(15)8(2)3/h8H,6-7H2,1-5H3. The largest absolute Gasteiger partial charge is 0.465 e. The first-order valence-corrected chi connectivity index (χ1v) is 6.71. The Hall–Kier alpha value is -0.770. The molecule has 0 aliphatic carbocycles. The molecule has 0 amide bonds. The van der Waals surface area contributed by atoms with E-state index in [4.69, 9.17) is 4.74 Å². The van der Waals surface area contributed by atoms with E-state index in [0.717, 1.165) is 23.1 Å². The average molecular weight is 302 g/mol. The molecule has 0 aromatic carbocycles. The lowest BCUT2D eigenvalue weighted by atomic mass is 10.1. The number of hydrogen-bond acceptors (Lipinski definition) is 2.